The number of fused-ring (bicyclic) bond motifs is 2. The van der Waals surface area contributed by atoms with Gasteiger partial charge in [0.25, 0.3) is 5.91 Å². The molecule has 5 rings (SSSR count). The van der Waals surface area contributed by atoms with Gasteiger partial charge in [-0.25, -0.2) is 0 Å². The molecule has 1 amide bonds. The van der Waals surface area contributed by atoms with E-state index in [-0.39, 0.29) is 16.8 Å². The fraction of sp³-hybridized carbons (Fsp3) is 0.185. The number of amides is 1. The summed E-state index contributed by atoms with van der Waals surface area (Å²) < 4.78 is 22.6. The van der Waals surface area contributed by atoms with Crippen LogP contribution in [0.3, 0.4) is 0 Å². The lowest BCUT2D eigenvalue weighted by Gasteiger charge is -2.26. The number of nitrogens with zero attached hydrogens (tertiary/aromatic N) is 1. The second kappa shape index (κ2) is 8.67. The summed E-state index contributed by atoms with van der Waals surface area (Å²) in [6, 6.07) is 14.8. The maximum Gasteiger partial charge on any atom is 0.295 e. The number of ether oxygens (including phenoxy) is 3. The fourth-order valence-corrected chi connectivity index (χ4v) is 4.74. The topological polar surface area (TPSA) is 78.2 Å². The summed E-state index contributed by atoms with van der Waals surface area (Å²) in [5.74, 6) is 0.745. The van der Waals surface area contributed by atoms with E-state index in [9.17, 15) is 9.59 Å². The van der Waals surface area contributed by atoms with Crippen molar-refractivity contribution >= 4 is 34.2 Å². The molecule has 1 aliphatic rings. The van der Waals surface area contributed by atoms with Gasteiger partial charge >= 0.3 is 0 Å². The summed E-state index contributed by atoms with van der Waals surface area (Å²) in [6.45, 7) is 1.90. The molecule has 0 saturated heterocycles. The molecule has 0 bridgehead atoms. The van der Waals surface area contributed by atoms with Gasteiger partial charge < -0.3 is 18.6 Å². The van der Waals surface area contributed by atoms with Crippen LogP contribution in [0.2, 0.25) is 5.02 Å². The molecular weight excluding hydrogens is 470 g/mol. The maximum atomic E-state index is 13.8. The smallest absolute Gasteiger partial charge is 0.295 e. The molecule has 178 valence electrons. The Morgan fingerprint density at radius 1 is 0.914 bits per heavy atom. The highest BCUT2D eigenvalue weighted by Gasteiger charge is 2.44. The Balaban J connectivity index is 1.85. The molecule has 1 aliphatic heterocycles. The normalized spacial score (nSPS) is 14.8. The molecule has 1 unspecified atom stereocenters. The lowest BCUT2D eigenvalue weighted by Crippen LogP contribution is -2.29. The third kappa shape index (κ3) is 3.59. The van der Waals surface area contributed by atoms with Gasteiger partial charge in [0.2, 0.25) is 11.5 Å². The van der Waals surface area contributed by atoms with Crippen molar-refractivity contribution in [1.29, 1.82) is 0 Å². The van der Waals surface area contributed by atoms with Crippen molar-refractivity contribution in [2.24, 2.45) is 0 Å². The molecule has 0 fully saturated rings. The van der Waals surface area contributed by atoms with Gasteiger partial charge in [0.15, 0.2) is 16.9 Å². The minimum Gasteiger partial charge on any atom is -0.493 e. The van der Waals surface area contributed by atoms with E-state index in [1.165, 1.54) is 26.2 Å². The molecule has 0 aliphatic carbocycles. The predicted octanol–water partition coefficient (Wildman–Crippen LogP) is 5.53. The summed E-state index contributed by atoms with van der Waals surface area (Å²) >= 11 is 6.27. The van der Waals surface area contributed by atoms with E-state index in [2.05, 4.69) is 0 Å². The monoisotopic (exact) mass is 491 g/mol. The average molecular weight is 492 g/mol. The van der Waals surface area contributed by atoms with E-state index < -0.39 is 11.9 Å². The highest BCUT2D eigenvalue weighted by Crippen LogP contribution is 2.46. The van der Waals surface area contributed by atoms with Crippen LogP contribution in [-0.2, 0) is 0 Å². The van der Waals surface area contributed by atoms with Gasteiger partial charge in [-0.05, 0) is 55.0 Å². The zero-order valence-electron chi connectivity index (χ0n) is 19.5. The first-order valence-electron chi connectivity index (χ1n) is 10.8. The number of rotatable bonds is 5. The Morgan fingerprint density at radius 2 is 1.63 bits per heavy atom. The van der Waals surface area contributed by atoms with Crippen LogP contribution in [0.4, 0.5) is 5.69 Å². The van der Waals surface area contributed by atoms with Crippen LogP contribution in [0.25, 0.3) is 11.0 Å². The molecule has 4 aromatic rings. The van der Waals surface area contributed by atoms with Gasteiger partial charge in [0, 0.05) is 10.7 Å². The van der Waals surface area contributed by atoms with Gasteiger partial charge in [-0.15, -0.1) is 0 Å². The summed E-state index contributed by atoms with van der Waals surface area (Å²) in [5.41, 5.74) is 2.33. The van der Waals surface area contributed by atoms with Gasteiger partial charge in [-0.2, -0.15) is 0 Å². The number of hydrogen-bond acceptors (Lipinski definition) is 6. The van der Waals surface area contributed by atoms with E-state index in [0.29, 0.717) is 44.5 Å². The Kier molecular flexibility index (Phi) is 5.65. The SMILES string of the molecule is COc1cc(C2c3c(oc4ccc(C)cc4c3=O)C(=O)N2c2cccc(Cl)c2)cc(OC)c1OC. The van der Waals surface area contributed by atoms with Crippen molar-refractivity contribution in [3.05, 3.63) is 92.3 Å². The first kappa shape index (κ1) is 22.8. The van der Waals surface area contributed by atoms with E-state index in [1.54, 1.807) is 48.5 Å². The minimum absolute atomic E-state index is 0.00918. The number of aryl methyl sites for hydroxylation is 1. The highest BCUT2D eigenvalue weighted by atomic mass is 35.5. The zero-order chi connectivity index (χ0) is 24.9. The van der Waals surface area contributed by atoms with Crippen LogP contribution in [-0.4, -0.2) is 27.2 Å². The molecule has 8 heteroatoms. The molecule has 1 aromatic heterocycles. The number of carbonyl (C=O) groups is 1. The van der Waals surface area contributed by atoms with Crippen LogP contribution >= 0.6 is 11.6 Å². The standard InChI is InChI=1S/C27H22ClNO6/c1-14-8-9-19-18(10-14)24(30)22-23(15-11-20(32-2)25(34-4)21(12-15)33-3)29(27(31)26(22)35-19)17-7-5-6-16(28)13-17/h5-13,23H,1-4H3. The summed E-state index contributed by atoms with van der Waals surface area (Å²) in [4.78, 5) is 29.1. The van der Waals surface area contributed by atoms with Gasteiger partial charge in [-0.1, -0.05) is 29.3 Å². The molecule has 35 heavy (non-hydrogen) atoms. The van der Waals surface area contributed by atoms with Crippen molar-refractivity contribution in [3.8, 4) is 17.2 Å². The maximum absolute atomic E-state index is 13.8. The Hall–Kier alpha value is -3.97. The number of hydrogen-bond donors (Lipinski definition) is 0. The van der Waals surface area contributed by atoms with Crippen molar-refractivity contribution in [3.63, 3.8) is 0 Å². The molecule has 0 saturated carbocycles. The predicted molar refractivity (Wildman–Crippen MR) is 133 cm³/mol. The summed E-state index contributed by atoms with van der Waals surface area (Å²) in [7, 11) is 4.53. The van der Waals surface area contributed by atoms with Crippen LogP contribution in [0, 0.1) is 6.92 Å². The number of halogens is 1. The summed E-state index contributed by atoms with van der Waals surface area (Å²) in [6.07, 6.45) is 0. The largest absolute Gasteiger partial charge is 0.493 e. The van der Waals surface area contributed by atoms with E-state index in [0.717, 1.165) is 5.56 Å². The van der Waals surface area contributed by atoms with Crippen LogP contribution in [0.15, 0.2) is 63.8 Å². The minimum atomic E-state index is -0.814. The Bertz CT molecular complexity index is 1520. The summed E-state index contributed by atoms with van der Waals surface area (Å²) in [5, 5.41) is 0.858. The first-order chi connectivity index (χ1) is 16.9. The molecule has 0 spiro atoms. The van der Waals surface area contributed by atoms with Crippen LogP contribution in [0.5, 0.6) is 17.2 Å². The van der Waals surface area contributed by atoms with Gasteiger partial charge in [-0.3, -0.25) is 14.5 Å². The van der Waals surface area contributed by atoms with Crippen molar-refractivity contribution in [2.75, 3.05) is 26.2 Å². The number of benzene rings is 3. The molecule has 3 aromatic carbocycles. The quantitative estimate of drug-likeness (QED) is 0.365. The second-order valence-electron chi connectivity index (χ2n) is 8.19. The molecule has 1 atom stereocenters. The number of carbonyl (C=O) groups excluding carboxylic acids is 1. The van der Waals surface area contributed by atoms with Gasteiger partial charge in [0.05, 0.1) is 38.3 Å². The molecular formula is C27H22ClNO6. The molecule has 0 N–H and O–H groups in total. The third-order valence-electron chi connectivity index (χ3n) is 6.11. The molecule has 7 nitrogen and oxygen atoms in total. The third-order valence-corrected chi connectivity index (χ3v) is 6.35. The second-order valence-corrected chi connectivity index (χ2v) is 8.63. The van der Waals surface area contributed by atoms with Crippen molar-refractivity contribution < 1.29 is 23.4 Å². The molecule has 2 heterocycles. The fourth-order valence-electron chi connectivity index (χ4n) is 4.55. The number of anilines is 1. The van der Waals surface area contributed by atoms with Crippen molar-refractivity contribution in [1.82, 2.24) is 0 Å². The van der Waals surface area contributed by atoms with E-state index >= 15 is 0 Å². The van der Waals surface area contributed by atoms with E-state index in [4.69, 9.17) is 30.2 Å². The van der Waals surface area contributed by atoms with Crippen LogP contribution < -0.4 is 24.5 Å². The van der Waals surface area contributed by atoms with Crippen LogP contribution in [0.1, 0.15) is 33.3 Å². The first-order valence-corrected chi connectivity index (χ1v) is 11.2. The van der Waals surface area contributed by atoms with Crippen molar-refractivity contribution in [2.45, 2.75) is 13.0 Å². The number of methoxy groups -OCH3 is 3. The zero-order valence-corrected chi connectivity index (χ0v) is 20.3. The Labute approximate surface area is 206 Å². The van der Waals surface area contributed by atoms with E-state index in [1.807, 2.05) is 13.0 Å². The Morgan fingerprint density at radius 3 is 2.26 bits per heavy atom. The lowest BCUT2D eigenvalue weighted by atomic mass is 9.97. The highest BCUT2D eigenvalue weighted by molar-refractivity contribution is 6.31. The lowest BCUT2D eigenvalue weighted by molar-refractivity contribution is 0.0971. The average Bonchev–Trinajstić information content (AvgIpc) is 3.16. The molecule has 0 radical (unpaired) electrons. The van der Waals surface area contributed by atoms with Gasteiger partial charge in [0.1, 0.15) is 5.58 Å².